The summed E-state index contributed by atoms with van der Waals surface area (Å²) in [5, 5.41) is 13.6. The van der Waals surface area contributed by atoms with E-state index < -0.39 is 5.97 Å². The second-order valence-corrected chi connectivity index (χ2v) is 10.5. The number of likely N-dealkylation sites (tertiary alicyclic amines) is 1. The molecule has 0 bridgehead atoms. The van der Waals surface area contributed by atoms with Crippen LogP contribution in [0.2, 0.25) is 0 Å². The van der Waals surface area contributed by atoms with Crippen molar-refractivity contribution in [2.45, 2.75) is 64.3 Å². The van der Waals surface area contributed by atoms with Gasteiger partial charge in [0, 0.05) is 36.3 Å². The number of aryl methyl sites for hydroxylation is 2. The van der Waals surface area contributed by atoms with Crippen molar-refractivity contribution in [2.24, 2.45) is 5.92 Å². The third-order valence-electron chi connectivity index (χ3n) is 8.15. The Hall–Kier alpha value is -2.92. The van der Waals surface area contributed by atoms with Gasteiger partial charge in [-0.15, -0.1) is 0 Å². The van der Waals surface area contributed by atoms with Gasteiger partial charge >= 0.3 is 5.97 Å². The Kier molecular flexibility index (Phi) is 5.53. The molecule has 1 saturated carbocycles. The lowest BCUT2D eigenvalue weighted by molar-refractivity contribution is -0.147. The number of rotatable bonds is 5. The van der Waals surface area contributed by atoms with E-state index in [1.807, 2.05) is 0 Å². The maximum atomic E-state index is 11.1. The highest BCUT2D eigenvalue weighted by atomic mass is 16.5. The minimum Gasteiger partial charge on any atom is -0.481 e. The highest BCUT2D eigenvalue weighted by molar-refractivity contribution is 5.77. The average Bonchev–Trinajstić information content (AvgIpc) is 3.26. The predicted octanol–water partition coefficient (Wildman–Crippen LogP) is 5.98. The highest BCUT2D eigenvalue weighted by Gasteiger charge is 2.32. The quantitative estimate of drug-likeness (QED) is 0.512. The fourth-order valence-electron chi connectivity index (χ4n) is 6.22. The number of benzene rings is 2. The lowest BCUT2D eigenvalue weighted by Gasteiger charge is -2.36. The van der Waals surface area contributed by atoms with Crippen molar-refractivity contribution in [2.75, 3.05) is 13.1 Å². The number of fused-ring (bicyclic) bond motifs is 3. The molecule has 2 aromatic carbocycles. The van der Waals surface area contributed by atoms with Crippen LogP contribution in [0.4, 0.5) is 0 Å². The molecule has 3 aromatic rings. The largest absolute Gasteiger partial charge is 0.481 e. The van der Waals surface area contributed by atoms with Gasteiger partial charge in [-0.3, -0.25) is 9.69 Å². The standard InChI is InChI=1S/C29H32N2O3/c1-18-13-22(9-11-24(18)20-5-3-2-4-6-20)28-26-12-8-21-14-19(7-10-25(21)27(26)30-34-28)15-31-16-23(17-31)29(32)33/h7,9-11,13-14,20,23H,2-6,8,12,15-17H2,1H3,(H,32,33). The van der Waals surface area contributed by atoms with Crippen LogP contribution < -0.4 is 0 Å². The Morgan fingerprint density at radius 1 is 1.09 bits per heavy atom. The van der Waals surface area contributed by atoms with Crippen LogP contribution in [0.1, 0.15) is 65.8 Å². The van der Waals surface area contributed by atoms with Gasteiger partial charge in [0.05, 0.1) is 5.92 Å². The number of hydrogen-bond acceptors (Lipinski definition) is 4. The van der Waals surface area contributed by atoms with Gasteiger partial charge in [-0.1, -0.05) is 54.8 Å². The molecule has 34 heavy (non-hydrogen) atoms. The van der Waals surface area contributed by atoms with E-state index in [4.69, 9.17) is 9.63 Å². The fraction of sp³-hybridized carbons (Fsp3) is 0.448. The van der Waals surface area contributed by atoms with E-state index in [2.05, 4.69) is 53.4 Å². The summed E-state index contributed by atoms with van der Waals surface area (Å²) in [6.07, 6.45) is 8.61. The number of aliphatic carboxylic acids is 1. The average molecular weight is 457 g/mol. The molecule has 2 aliphatic carbocycles. The van der Waals surface area contributed by atoms with E-state index in [9.17, 15) is 4.79 Å². The van der Waals surface area contributed by atoms with Gasteiger partial charge in [0.25, 0.3) is 0 Å². The molecule has 0 spiro atoms. The molecule has 0 atom stereocenters. The predicted molar refractivity (Wildman–Crippen MR) is 132 cm³/mol. The first-order chi connectivity index (χ1) is 16.6. The summed E-state index contributed by atoms with van der Waals surface area (Å²) < 4.78 is 5.94. The van der Waals surface area contributed by atoms with Crippen LogP contribution in [0.15, 0.2) is 40.9 Å². The van der Waals surface area contributed by atoms with Crippen molar-refractivity contribution in [1.82, 2.24) is 10.1 Å². The van der Waals surface area contributed by atoms with Crippen molar-refractivity contribution in [3.05, 3.63) is 64.2 Å². The number of aromatic nitrogens is 1. The molecule has 6 rings (SSSR count). The Labute approximate surface area is 200 Å². The molecule has 2 heterocycles. The van der Waals surface area contributed by atoms with Crippen molar-refractivity contribution in [3.63, 3.8) is 0 Å². The maximum Gasteiger partial charge on any atom is 0.309 e. The van der Waals surface area contributed by atoms with E-state index >= 15 is 0 Å². The van der Waals surface area contributed by atoms with Crippen LogP contribution in [0.5, 0.6) is 0 Å². The van der Waals surface area contributed by atoms with Crippen molar-refractivity contribution < 1.29 is 14.4 Å². The smallest absolute Gasteiger partial charge is 0.309 e. The van der Waals surface area contributed by atoms with Gasteiger partial charge in [-0.05, 0) is 66.8 Å². The first-order valence-corrected chi connectivity index (χ1v) is 12.7. The summed E-state index contributed by atoms with van der Waals surface area (Å²) >= 11 is 0. The van der Waals surface area contributed by atoms with E-state index in [1.165, 1.54) is 65.5 Å². The zero-order chi connectivity index (χ0) is 23.2. The number of hydrogen-bond donors (Lipinski definition) is 1. The number of carboxylic acid groups (broad SMARTS) is 1. The van der Waals surface area contributed by atoms with Crippen LogP contribution in [0.25, 0.3) is 22.6 Å². The van der Waals surface area contributed by atoms with E-state index in [0.717, 1.165) is 36.4 Å². The normalized spacial score (nSPS) is 18.9. The zero-order valence-corrected chi connectivity index (χ0v) is 19.8. The van der Waals surface area contributed by atoms with Crippen LogP contribution in [0.3, 0.4) is 0 Å². The Morgan fingerprint density at radius 3 is 2.68 bits per heavy atom. The van der Waals surface area contributed by atoms with Gasteiger partial charge in [0.2, 0.25) is 0 Å². The molecule has 3 aliphatic rings. The second kappa shape index (κ2) is 8.70. The Balaban J connectivity index is 1.22. The van der Waals surface area contributed by atoms with Crippen LogP contribution in [0, 0.1) is 12.8 Å². The monoisotopic (exact) mass is 456 g/mol. The van der Waals surface area contributed by atoms with Gasteiger partial charge in [0.15, 0.2) is 5.76 Å². The van der Waals surface area contributed by atoms with Crippen LogP contribution in [-0.4, -0.2) is 34.2 Å². The van der Waals surface area contributed by atoms with Crippen molar-refractivity contribution in [3.8, 4) is 22.6 Å². The second-order valence-electron chi connectivity index (χ2n) is 10.5. The summed E-state index contributed by atoms with van der Waals surface area (Å²) in [6, 6.07) is 13.4. The van der Waals surface area contributed by atoms with Crippen molar-refractivity contribution >= 4 is 5.97 Å². The molecule has 5 nitrogen and oxygen atoms in total. The molecule has 0 unspecified atom stereocenters. The minimum atomic E-state index is -0.685. The summed E-state index contributed by atoms with van der Waals surface area (Å²) in [7, 11) is 0. The van der Waals surface area contributed by atoms with Gasteiger partial charge in [-0.2, -0.15) is 0 Å². The molecule has 176 valence electrons. The van der Waals surface area contributed by atoms with Gasteiger partial charge < -0.3 is 9.63 Å². The first-order valence-electron chi connectivity index (χ1n) is 12.7. The zero-order valence-electron chi connectivity index (χ0n) is 19.8. The molecule has 1 N–H and O–H groups in total. The first kappa shape index (κ1) is 21.6. The number of carboxylic acids is 1. The Bertz CT molecular complexity index is 1230. The summed E-state index contributed by atoms with van der Waals surface area (Å²) in [5.41, 5.74) is 9.92. The molecule has 0 radical (unpaired) electrons. The van der Waals surface area contributed by atoms with Crippen molar-refractivity contribution in [1.29, 1.82) is 0 Å². The Morgan fingerprint density at radius 2 is 1.91 bits per heavy atom. The van der Waals surface area contributed by atoms with E-state index in [1.54, 1.807) is 0 Å². The fourth-order valence-corrected chi connectivity index (χ4v) is 6.22. The topological polar surface area (TPSA) is 66.6 Å². The molecule has 1 saturated heterocycles. The lowest BCUT2D eigenvalue weighted by atomic mass is 9.81. The molecule has 5 heteroatoms. The SMILES string of the molecule is Cc1cc(-c2onc3c2CCc2cc(CN4CC(C(=O)O)C4)ccc2-3)ccc1C1CCCCC1. The molecule has 1 aromatic heterocycles. The summed E-state index contributed by atoms with van der Waals surface area (Å²) in [4.78, 5) is 13.3. The lowest BCUT2D eigenvalue weighted by Crippen LogP contribution is -2.49. The maximum absolute atomic E-state index is 11.1. The molecule has 1 aliphatic heterocycles. The molecular weight excluding hydrogens is 424 g/mol. The minimum absolute atomic E-state index is 0.214. The van der Waals surface area contributed by atoms with Gasteiger partial charge in [-0.25, -0.2) is 0 Å². The molecule has 2 fully saturated rings. The van der Waals surface area contributed by atoms with Crippen LogP contribution in [-0.2, 0) is 24.2 Å². The number of carbonyl (C=O) groups is 1. The van der Waals surface area contributed by atoms with E-state index in [0.29, 0.717) is 19.0 Å². The van der Waals surface area contributed by atoms with Crippen LogP contribution >= 0.6 is 0 Å². The molecular formula is C29H32N2O3. The third-order valence-corrected chi connectivity index (χ3v) is 8.15. The number of nitrogens with zero attached hydrogens (tertiary/aromatic N) is 2. The highest BCUT2D eigenvalue weighted by Crippen LogP contribution is 2.41. The third kappa shape index (κ3) is 3.86. The molecule has 0 amide bonds. The van der Waals surface area contributed by atoms with Gasteiger partial charge in [0.1, 0.15) is 5.69 Å². The van der Waals surface area contributed by atoms with E-state index in [-0.39, 0.29) is 5.92 Å². The summed E-state index contributed by atoms with van der Waals surface area (Å²) in [5.74, 6) is 0.728. The summed E-state index contributed by atoms with van der Waals surface area (Å²) in [6.45, 7) is 4.33.